The number of benzene rings is 2. The second-order valence-electron chi connectivity index (χ2n) is 21.0. The van der Waals surface area contributed by atoms with Gasteiger partial charge in [-0.05, 0) is 76.4 Å². The van der Waals surface area contributed by atoms with E-state index in [0.29, 0.717) is 93.8 Å². The summed E-state index contributed by atoms with van der Waals surface area (Å²) in [6.45, 7) is 2.24. The van der Waals surface area contributed by atoms with Crippen molar-refractivity contribution in [1.29, 1.82) is 0 Å². The number of nitrogens with one attached hydrogen (secondary N) is 4. The van der Waals surface area contributed by atoms with Gasteiger partial charge in [-0.3, -0.25) is 19.9 Å². The van der Waals surface area contributed by atoms with Crippen molar-refractivity contribution in [2.24, 2.45) is 10.8 Å². The number of hydrogen-bond acceptors (Lipinski definition) is 15. The number of ether oxygens (including phenoxy) is 3. The van der Waals surface area contributed by atoms with Crippen molar-refractivity contribution < 1.29 is 91.3 Å². The van der Waals surface area contributed by atoms with E-state index in [0.717, 1.165) is 52.4 Å². The normalized spacial score (nSPS) is 17.0. The molecule has 2 aromatic heterocycles. The summed E-state index contributed by atoms with van der Waals surface area (Å²) in [6, 6.07) is 1.60. The molecule has 4 amide bonds. The summed E-state index contributed by atoms with van der Waals surface area (Å²) in [5.74, 6) is 0.0606. The van der Waals surface area contributed by atoms with Crippen LogP contribution in [-0.2, 0) is 45.9 Å². The van der Waals surface area contributed by atoms with Crippen molar-refractivity contribution in [3.8, 4) is 23.1 Å². The predicted molar refractivity (Wildman–Crippen MR) is 283 cm³/mol. The minimum Gasteiger partial charge on any atom is -0.453 e. The third kappa shape index (κ3) is 17.0. The lowest BCUT2D eigenvalue weighted by Crippen LogP contribution is -2.63. The first kappa shape index (κ1) is 66.9. The van der Waals surface area contributed by atoms with E-state index in [9.17, 15) is 63.8 Å². The van der Waals surface area contributed by atoms with Gasteiger partial charge in [-0.2, -0.15) is 40.2 Å². The van der Waals surface area contributed by atoms with Gasteiger partial charge in [0.25, 0.3) is 5.91 Å². The molecule has 21 nitrogen and oxygen atoms in total. The van der Waals surface area contributed by atoms with Crippen LogP contribution in [0.5, 0.6) is 0 Å². The van der Waals surface area contributed by atoms with Crippen molar-refractivity contribution in [2.75, 3.05) is 58.5 Å². The fraction of sp³-hybridized carbons (Fsp3) is 0.528. The summed E-state index contributed by atoms with van der Waals surface area (Å²) >= 11 is 0. The number of piperazine rings is 1. The van der Waals surface area contributed by atoms with Gasteiger partial charge in [0.1, 0.15) is 23.7 Å². The summed E-state index contributed by atoms with van der Waals surface area (Å²) in [7, 11) is -2.34. The maximum Gasteiger partial charge on any atom is 0.695 e. The van der Waals surface area contributed by atoms with Gasteiger partial charge in [-0.15, -0.1) is 9.42 Å². The number of halogens is 10. The van der Waals surface area contributed by atoms with Crippen LogP contribution < -0.4 is 26.3 Å². The van der Waals surface area contributed by atoms with Crippen LogP contribution in [0, 0.1) is 34.3 Å². The maximum atomic E-state index is 16.2. The number of carbonyl (C=O) groups is 4. The Balaban J connectivity index is 1.38. The highest BCUT2D eigenvalue weighted by Crippen LogP contribution is 2.42. The standard InChI is InChI=1S/C53H62F10N11O10P/c1-8-9-34-25-71(18-19-73(34)35-28-83-29-35)47-64-23-32(24-65-47)15-12-30-10-13-31(14-11-30)20-40(66-44(75)42(67-48(77)81-6)50(2,3)52(58,59)60)41(84-85(79)80)27-72(70-45(76)43(68-49(78)82-7)51(4,5)53(61,62)63)26-36-37(54)21-33(22-38(36)55)39-16-17-74(69-39)46(56)57/h10-11,13-14,16-17,21-24,34-35,40-43,46H,8-9,18-20,25-29H2,1-7H3,(H4-,66,67,68,70,75,76,77,78,79,80)/p+1/t34?,40-,41-,42?,43+/m0/s1. The van der Waals surface area contributed by atoms with Crippen molar-refractivity contribution >= 4 is 38.2 Å². The number of carbonyl (C=O) groups excluding carboxylic acids is 4. The molecule has 2 saturated heterocycles. The molecule has 0 radical (unpaired) electrons. The molecule has 2 fully saturated rings. The molecule has 6 rings (SSSR count). The van der Waals surface area contributed by atoms with E-state index in [1.54, 1.807) is 17.7 Å². The van der Waals surface area contributed by atoms with Crippen LogP contribution in [0.4, 0.5) is 59.4 Å². The minimum atomic E-state index is -5.29. The van der Waals surface area contributed by atoms with Crippen LogP contribution in [0.15, 0.2) is 61.1 Å². The number of nitrogens with zero attached hydrogens (tertiary/aromatic N) is 7. The van der Waals surface area contributed by atoms with E-state index >= 15 is 8.78 Å². The number of alkyl carbamates (subject to hydrolysis) is 2. The van der Waals surface area contributed by atoms with Crippen LogP contribution in [0.3, 0.4) is 0 Å². The zero-order valence-electron chi connectivity index (χ0n) is 46.9. The molecule has 85 heavy (non-hydrogen) atoms. The predicted octanol–water partition coefficient (Wildman–Crippen LogP) is 7.32. The summed E-state index contributed by atoms with van der Waals surface area (Å²) in [5, 5.41) is 9.86. The quantitative estimate of drug-likeness (QED) is 0.0211. The lowest BCUT2D eigenvalue weighted by Gasteiger charge is -2.47. The van der Waals surface area contributed by atoms with Gasteiger partial charge in [0.05, 0.1) is 68.1 Å². The van der Waals surface area contributed by atoms with Gasteiger partial charge in [0, 0.05) is 72.1 Å². The van der Waals surface area contributed by atoms with Crippen LogP contribution in [0.1, 0.15) is 76.3 Å². The van der Waals surface area contributed by atoms with Crippen molar-refractivity contribution in [3.63, 3.8) is 0 Å². The van der Waals surface area contributed by atoms with Crippen molar-refractivity contribution in [2.45, 2.75) is 116 Å². The van der Waals surface area contributed by atoms with E-state index in [2.05, 4.69) is 58.4 Å². The van der Waals surface area contributed by atoms with Crippen LogP contribution in [0.2, 0.25) is 0 Å². The number of rotatable bonds is 23. The Morgan fingerprint density at radius 3 is 1.89 bits per heavy atom. The summed E-state index contributed by atoms with van der Waals surface area (Å²) in [4.78, 5) is 77.4. The zero-order chi connectivity index (χ0) is 62.8. The van der Waals surface area contributed by atoms with Gasteiger partial charge in [0.2, 0.25) is 11.9 Å². The third-order valence-corrected chi connectivity index (χ3v) is 15.0. The van der Waals surface area contributed by atoms with Gasteiger partial charge in [-0.25, -0.2) is 38.0 Å². The molecule has 2 aromatic carbocycles. The average molecular weight is 1240 g/mol. The Kier molecular flexibility index (Phi) is 22.3. The molecule has 2 aliphatic rings. The van der Waals surface area contributed by atoms with E-state index in [1.807, 2.05) is 10.7 Å². The Bertz CT molecular complexity index is 3030. The van der Waals surface area contributed by atoms with Crippen molar-refractivity contribution in [1.82, 2.24) is 51.0 Å². The van der Waals surface area contributed by atoms with Crippen LogP contribution in [0.25, 0.3) is 11.3 Å². The van der Waals surface area contributed by atoms with Crippen LogP contribution in [-0.4, -0.2) is 161 Å². The molecule has 4 aromatic rings. The molecule has 464 valence electrons. The smallest absolute Gasteiger partial charge is 0.453 e. The third-order valence-electron chi connectivity index (χ3n) is 14.5. The van der Waals surface area contributed by atoms with Gasteiger partial charge < -0.3 is 35.1 Å². The Morgan fingerprint density at radius 2 is 1.40 bits per heavy atom. The number of aromatic nitrogens is 4. The molecule has 3 unspecified atom stereocenters. The summed E-state index contributed by atoms with van der Waals surface area (Å²) in [5.41, 5.74) is -5.08. The van der Waals surface area contributed by atoms with Gasteiger partial charge >= 0.3 is 39.3 Å². The van der Waals surface area contributed by atoms with E-state index < -0.39 is 128 Å². The Hall–Kier alpha value is -7.23. The van der Waals surface area contributed by atoms with E-state index in [-0.39, 0.29) is 15.9 Å². The SMILES string of the molecule is CCCC1CN(c2ncc(C#Cc3ccc(C[C@H](NC(=O)C(NC(=O)OC)C(C)(C)C(F)(F)F)[C@H](CN(Cc4c(F)cc(-c5ccn(C(F)F)n5)cc4F)NC(=O)[C@@H](NC(=O)OC)C(C)(C)C(F)(F)F)O[P+](=O)O)cc3)cn2)CCN1C1COC1. The fourth-order valence-electron chi connectivity index (χ4n) is 9.21. The number of hydrazine groups is 1. The minimum absolute atomic E-state index is 0.173. The summed E-state index contributed by atoms with van der Waals surface area (Å²) in [6.07, 6.45) is -10.5. The van der Waals surface area contributed by atoms with E-state index in [1.165, 1.54) is 24.3 Å². The first-order chi connectivity index (χ1) is 39.9. The second kappa shape index (κ2) is 28.3. The molecule has 0 saturated carbocycles. The first-order valence-corrected chi connectivity index (χ1v) is 27.3. The molecule has 0 bridgehead atoms. The lowest BCUT2D eigenvalue weighted by atomic mass is 9.82. The highest BCUT2D eigenvalue weighted by molar-refractivity contribution is 7.32. The number of amides is 4. The molecule has 32 heteroatoms. The molecule has 6 atom stereocenters. The molecule has 5 N–H and O–H groups in total. The maximum absolute atomic E-state index is 16.2. The average Bonchev–Trinajstić information content (AvgIpc) is 4.04. The lowest BCUT2D eigenvalue weighted by molar-refractivity contribution is -0.221. The van der Waals surface area contributed by atoms with Crippen LogP contribution >= 0.6 is 8.25 Å². The van der Waals surface area contributed by atoms with E-state index in [4.69, 9.17) is 9.26 Å². The Labute approximate surface area is 482 Å². The topological polar surface area (TPSA) is 244 Å². The second-order valence-corrected chi connectivity index (χ2v) is 21.7. The first-order valence-electron chi connectivity index (χ1n) is 26.2. The number of anilines is 1. The molecule has 0 spiro atoms. The van der Waals surface area contributed by atoms with Gasteiger partial charge in [-0.1, -0.05) is 37.3 Å². The summed E-state index contributed by atoms with van der Waals surface area (Å²) < 4.78 is 180. The molecule has 4 heterocycles. The highest BCUT2D eigenvalue weighted by Gasteiger charge is 2.57. The van der Waals surface area contributed by atoms with Gasteiger partial charge in [0.15, 0.2) is 6.10 Å². The molecule has 2 aliphatic heterocycles. The monoisotopic (exact) mass is 1230 g/mol. The Morgan fingerprint density at radius 1 is 0.835 bits per heavy atom. The number of methoxy groups -OCH3 is 2. The molecule has 0 aliphatic carbocycles. The number of alkyl halides is 8. The fourth-order valence-corrected chi connectivity index (χ4v) is 9.65. The highest BCUT2D eigenvalue weighted by atomic mass is 31.1. The van der Waals surface area contributed by atoms with Crippen molar-refractivity contribution in [3.05, 3.63) is 94.9 Å². The largest absolute Gasteiger partial charge is 0.695 e. The molecular weight excluding hydrogens is 1170 g/mol. The number of hydrogen-bond donors (Lipinski definition) is 5. The zero-order valence-corrected chi connectivity index (χ0v) is 47.8. The molecular formula is C53H63F10N11O10P+.